The smallest absolute Gasteiger partial charge is 0.390 e. The molecule has 0 spiro atoms. The maximum atomic E-state index is 13.1. The van der Waals surface area contributed by atoms with Crippen molar-refractivity contribution < 1.29 is 22.6 Å². The Balaban J connectivity index is 0.00000264. The third kappa shape index (κ3) is 5.16. The van der Waals surface area contributed by atoms with Crippen molar-refractivity contribution >= 4 is 12.4 Å². The fraction of sp³-hybridized carbons (Fsp3) is 0.600. The minimum absolute atomic E-state index is 0. The van der Waals surface area contributed by atoms with Crippen LogP contribution in [0.2, 0.25) is 0 Å². The van der Waals surface area contributed by atoms with Crippen molar-refractivity contribution in [1.82, 2.24) is 10.2 Å². The second kappa shape index (κ2) is 8.61. The number of alkyl halides is 3. The lowest BCUT2D eigenvalue weighted by molar-refractivity contribution is -0.149. The van der Waals surface area contributed by atoms with Crippen LogP contribution in [0.4, 0.5) is 13.2 Å². The number of methoxy groups -OCH3 is 2. The molecule has 132 valence electrons. The van der Waals surface area contributed by atoms with Gasteiger partial charge in [0.2, 0.25) is 0 Å². The summed E-state index contributed by atoms with van der Waals surface area (Å²) in [5, 5.41) is 3.16. The van der Waals surface area contributed by atoms with E-state index in [1.54, 1.807) is 18.2 Å². The second-order valence-corrected chi connectivity index (χ2v) is 5.20. The Morgan fingerprint density at radius 2 is 1.65 bits per heavy atom. The van der Waals surface area contributed by atoms with E-state index in [2.05, 4.69) is 5.32 Å². The molecule has 4 nitrogen and oxygen atoms in total. The second-order valence-electron chi connectivity index (χ2n) is 5.20. The van der Waals surface area contributed by atoms with E-state index in [9.17, 15) is 13.2 Å². The first-order valence-corrected chi connectivity index (χ1v) is 7.18. The molecule has 1 heterocycles. The normalized spacial score (nSPS) is 17.3. The highest BCUT2D eigenvalue weighted by Crippen LogP contribution is 2.42. The molecule has 1 aliphatic heterocycles. The molecule has 0 aliphatic carbocycles. The van der Waals surface area contributed by atoms with E-state index in [1.807, 2.05) is 4.90 Å². The fourth-order valence-corrected chi connectivity index (χ4v) is 2.84. The number of piperazine rings is 1. The van der Waals surface area contributed by atoms with Gasteiger partial charge in [-0.05, 0) is 12.1 Å². The number of benzene rings is 1. The molecule has 0 saturated carbocycles. The molecule has 8 heteroatoms. The minimum atomic E-state index is -4.26. The summed E-state index contributed by atoms with van der Waals surface area (Å²) >= 11 is 0. The molecule has 0 bridgehead atoms. The Morgan fingerprint density at radius 1 is 1.13 bits per heavy atom. The van der Waals surface area contributed by atoms with Crippen LogP contribution in [0.1, 0.15) is 18.0 Å². The number of hydrogen-bond acceptors (Lipinski definition) is 4. The Hall–Kier alpha value is -1.18. The predicted molar refractivity (Wildman–Crippen MR) is 84.6 cm³/mol. The molecule has 2 rings (SSSR count). The van der Waals surface area contributed by atoms with Gasteiger partial charge in [-0.25, -0.2) is 0 Å². The quantitative estimate of drug-likeness (QED) is 0.881. The molecule has 0 amide bonds. The summed E-state index contributed by atoms with van der Waals surface area (Å²) < 4.78 is 49.9. The Kier molecular flexibility index (Phi) is 7.44. The van der Waals surface area contributed by atoms with Crippen LogP contribution < -0.4 is 14.8 Å². The monoisotopic (exact) mass is 354 g/mol. The van der Waals surface area contributed by atoms with Crippen LogP contribution in [-0.2, 0) is 0 Å². The van der Waals surface area contributed by atoms with E-state index in [-0.39, 0.29) is 12.4 Å². The van der Waals surface area contributed by atoms with Crippen molar-refractivity contribution in [3.8, 4) is 11.5 Å². The third-order valence-electron chi connectivity index (χ3n) is 3.82. The van der Waals surface area contributed by atoms with E-state index in [4.69, 9.17) is 9.47 Å². The molecular weight excluding hydrogens is 333 g/mol. The Morgan fingerprint density at radius 3 is 2.09 bits per heavy atom. The van der Waals surface area contributed by atoms with Gasteiger partial charge in [0.15, 0.2) is 0 Å². The van der Waals surface area contributed by atoms with Crippen molar-refractivity contribution in [2.24, 2.45) is 0 Å². The van der Waals surface area contributed by atoms with Gasteiger partial charge in [0.25, 0.3) is 0 Å². The number of ether oxygens (including phenoxy) is 2. The van der Waals surface area contributed by atoms with E-state index < -0.39 is 18.6 Å². The molecule has 1 atom stereocenters. The first-order chi connectivity index (χ1) is 10.5. The summed E-state index contributed by atoms with van der Waals surface area (Å²) in [4.78, 5) is 1.84. The fourth-order valence-electron chi connectivity index (χ4n) is 2.84. The molecule has 1 fully saturated rings. The highest BCUT2D eigenvalue weighted by Gasteiger charge is 2.38. The lowest BCUT2D eigenvalue weighted by Gasteiger charge is -2.36. The summed E-state index contributed by atoms with van der Waals surface area (Å²) in [7, 11) is 2.92. The van der Waals surface area contributed by atoms with Crippen molar-refractivity contribution in [2.45, 2.75) is 18.6 Å². The van der Waals surface area contributed by atoms with Gasteiger partial charge in [0.1, 0.15) is 11.5 Å². The Labute approximate surface area is 140 Å². The molecule has 1 N–H and O–H groups in total. The van der Waals surface area contributed by atoms with E-state index in [1.165, 1.54) is 14.2 Å². The van der Waals surface area contributed by atoms with Crippen molar-refractivity contribution in [1.29, 1.82) is 0 Å². The zero-order valence-electron chi connectivity index (χ0n) is 13.2. The lowest BCUT2D eigenvalue weighted by atomic mass is 9.98. The molecule has 1 saturated heterocycles. The van der Waals surface area contributed by atoms with Crippen molar-refractivity contribution in [2.75, 3.05) is 40.4 Å². The number of halogens is 4. The first kappa shape index (κ1) is 19.9. The van der Waals surface area contributed by atoms with Crippen LogP contribution in [0.25, 0.3) is 0 Å². The molecule has 1 aromatic carbocycles. The van der Waals surface area contributed by atoms with Crippen molar-refractivity contribution in [3.63, 3.8) is 0 Å². The van der Waals surface area contributed by atoms with Crippen LogP contribution in [0.5, 0.6) is 11.5 Å². The molecule has 0 aromatic heterocycles. The SMILES string of the molecule is COc1cccc(OC)c1[C@H](CC(F)(F)F)N1CCNCC1.Cl. The standard InChI is InChI=1S/C15H21F3N2O2.ClH/c1-21-12-4-3-5-13(22-2)14(12)11(10-15(16,17)18)20-8-6-19-7-9-20;/h3-5,11,19H,6-10H2,1-2H3;1H/t11-;/m0./s1. The predicted octanol–water partition coefficient (Wildman–Crippen LogP) is 3.02. The topological polar surface area (TPSA) is 33.7 Å². The zero-order chi connectivity index (χ0) is 16.2. The van der Waals surface area contributed by atoms with Gasteiger partial charge in [-0.3, -0.25) is 4.90 Å². The summed E-state index contributed by atoms with van der Waals surface area (Å²) in [6, 6.07) is 4.24. The largest absolute Gasteiger partial charge is 0.496 e. The maximum absolute atomic E-state index is 13.1. The molecule has 0 unspecified atom stereocenters. The van der Waals surface area contributed by atoms with Gasteiger partial charge in [-0.1, -0.05) is 6.07 Å². The Bertz CT molecular complexity index is 472. The van der Waals surface area contributed by atoms with Crippen LogP contribution >= 0.6 is 12.4 Å². The van der Waals surface area contributed by atoms with Gasteiger partial charge in [-0.2, -0.15) is 13.2 Å². The van der Waals surface area contributed by atoms with Gasteiger partial charge in [0.05, 0.1) is 32.2 Å². The maximum Gasteiger partial charge on any atom is 0.390 e. The van der Waals surface area contributed by atoms with Crippen LogP contribution in [0, 0.1) is 0 Å². The lowest BCUT2D eigenvalue weighted by Crippen LogP contribution is -2.46. The van der Waals surface area contributed by atoms with Crippen LogP contribution in [0.15, 0.2) is 18.2 Å². The number of rotatable bonds is 5. The highest BCUT2D eigenvalue weighted by atomic mass is 35.5. The van der Waals surface area contributed by atoms with Gasteiger partial charge in [-0.15, -0.1) is 12.4 Å². The molecule has 1 aliphatic rings. The molecule has 23 heavy (non-hydrogen) atoms. The first-order valence-electron chi connectivity index (χ1n) is 7.18. The van der Waals surface area contributed by atoms with E-state index >= 15 is 0 Å². The highest BCUT2D eigenvalue weighted by molar-refractivity contribution is 5.85. The van der Waals surface area contributed by atoms with Crippen LogP contribution in [-0.4, -0.2) is 51.5 Å². The van der Waals surface area contributed by atoms with Crippen LogP contribution in [0.3, 0.4) is 0 Å². The molecular formula is C15H22ClF3N2O2. The van der Waals surface area contributed by atoms with Gasteiger partial charge >= 0.3 is 6.18 Å². The van der Waals surface area contributed by atoms with Crippen molar-refractivity contribution in [3.05, 3.63) is 23.8 Å². The molecule has 0 radical (unpaired) electrons. The minimum Gasteiger partial charge on any atom is -0.496 e. The summed E-state index contributed by atoms with van der Waals surface area (Å²) in [6.07, 6.45) is -5.19. The number of nitrogens with one attached hydrogen (secondary N) is 1. The van der Waals surface area contributed by atoms with Gasteiger partial charge < -0.3 is 14.8 Å². The van der Waals surface area contributed by atoms with E-state index in [0.717, 1.165) is 0 Å². The number of hydrogen-bond donors (Lipinski definition) is 1. The number of nitrogens with zero attached hydrogens (tertiary/aromatic N) is 1. The van der Waals surface area contributed by atoms with E-state index in [0.29, 0.717) is 43.2 Å². The molecule has 1 aromatic rings. The summed E-state index contributed by atoms with van der Waals surface area (Å²) in [5.74, 6) is 0.847. The summed E-state index contributed by atoms with van der Waals surface area (Å²) in [6.45, 7) is 2.46. The average molecular weight is 355 g/mol. The zero-order valence-corrected chi connectivity index (χ0v) is 14.0. The summed E-state index contributed by atoms with van der Waals surface area (Å²) in [5.41, 5.74) is 0.465. The average Bonchev–Trinajstić information content (AvgIpc) is 2.52. The third-order valence-corrected chi connectivity index (χ3v) is 3.82. The van der Waals surface area contributed by atoms with Gasteiger partial charge in [0, 0.05) is 26.2 Å².